The van der Waals surface area contributed by atoms with E-state index in [2.05, 4.69) is 25.3 Å². The molecule has 0 spiro atoms. The molecule has 0 amide bonds. The van der Waals surface area contributed by atoms with Crippen molar-refractivity contribution in [3.63, 3.8) is 0 Å². The highest BCUT2D eigenvalue weighted by atomic mass is 19.4. The van der Waals surface area contributed by atoms with Gasteiger partial charge in [0, 0.05) is 51.2 Å². The number of nitrogens with one attached hydrogen (secondary N) is 1. The summed E-state index contributed by atoms with van der Waals surface area (Å²) >= 11 is 0. The summed E-state index contributed by atoms with van der Waals surface area (Å²) in [6.07, 6.45) is -2.36. The van der Waals surface area contributed by atoms with Gasteiger partial charge in [-0.05, 0) is 36.8 Å². The van der Waals surface area contributed by atoms with E-state index >= 15 is 0 Å². The third-order valence-electron chi connectivity index (χ3n) is 5.79. The van der Waals surface area contributed by atoms with Crippen LogP contribution in [0.25, 0.3) is 0 Å². The molecule has 13 heteroatoms. The third-order valence-corrected chi connectivity index (χ3v) is 5.79. The van der Waals surface area contributed by atoms with Crippen molar-refractivity contribution in [1.82, 2.24) is 19.9 Å². The van der Waals surface area contributed by atoms with Crippen LogP contribution in [0.5, 0.6) is 0 Å². The second-order valence-electron chi connectivity index (χ2n) is 8.45. The van der Waals surface area contributed by atoms with Gasteiger partial charge in [-0.1, -0.05) is 13.0 Å². The summed E-state index contributed by atoms with van der Waals surface area (Å²) in [5.74, 6) is 0.343. The van der Waals surface area contributed by atoms with Crippen molar-refractivity contribution >= 4 is 29.4 Å². The van der Waals surface area contributed by atoms with Gasteiger partial charge in [0.15, 0.2) is 0 Å². The fourth-order valence-electron chi connectivity index (χ4n) is 4.08. The van der Waals surface area contributed by atoms with Crippen molar-refractivity contribution in [2.45, 2.75) is 19.5 Å². The summed E-state index contributed by atoms with van der Waals surface area (Å²) < 4.78 is 54.2. The summed E-state index contributed by atoms with van der Waals surface area (Å²) in [6, 6.07) is 8.17. The highest BCUT2D eigenvalue weighted by Crippen LogP contribution is 2.35. The molecule has 2 aromatic heterocycles. The largest absolute Gasteiger partial charge is 0.419 e. The van der Waals surface area contributed by atoms with Crippen LogP contribution in [-0.2, 0) is 6.18 Å². The average molecular weight is 521 g/mol. The number of benzene rings is 1. The molecule has 37 heavy (non-hydrogen) atoms. The molecule has 1 saturated heterocycles. The first-order valence-corrected chi connectivity index (χ1v) is 11.9. The van der Waals surface area contributed by atoms with Gasteiger partial charge in [-0.15, -0.1) is 0 Å². The minimum absolute atomic E-state index is 0.0992. The maximum Gasteiger partial charge on any atom is 0.419 e. The lowest BCUT2D eigenvalue weighted by atomic mass is 10.2. The molecule has 1 aliphatic rings. The van der Waals surface area contributed by atoms with Gasteiger partial charge >= 0.3 is 6.18 Å². The van der Waals surface area contributed by atoms with E-state index < -0.39 is 17.6 Å². The normalized spacial score (nSPS) is 14.1. The lowest BCUT2D eigenvalue weighted by Crippen LogP contribution is -2.48. The molecular weight excluding hydrogens is 492 g/mol. The number of alkyl halides is 3. The monoisotopic (exact) mass is 520 g/mol. The molecule has 0 radical (unpaired) electrons. The Kier molecular flexibility index (Phi) is 8.21. The predicted molar refractivity (Wildman–Crippen MR) is 133 cm³/mol. The van der Waals surface area contributed by atoms with E-state index in [-0.39, 0.29) is 31.5 Å². The molecule has 0 aliphatic carbocycles. The van der Waals surface area contributed by atoms with Crippen molar-refractivity contribution < 1.29 is 22.7 Å². The lowest BCUT2D eigenvalue weighted by molar-refractivity contribution is -0.137. The van der Waals surface area contributed by atoms with Crippen molar-refractivity contribution in [3.8, 4) is 0 Å². The number of hydrogen-bond acceptors (Lipinski definition) is 9. The molecule has 0 atom stereocenters. The van der Waals surface area contributed by atoms with Gasteiger partial charge in [-0.3, -0.25) is 0 Å². The molecular formula is C24H28F4N8O. The quantitative estimate of drug-likeness (QED) is 0.410. The number of nitrogens with zero attached hydrogens (tertiary/aromatic N) is 7. The number of hydrogen-bond donors (Lipinski definition) is 2. The minimum atomic E-state index is -4.50. The standard InChI is InChI=1S/C24H28F4N8O/c1-2-9-35(14-15-37)22-31-21(30-18-6-3-5-17(25)16-18)32-23(33-22)36-12-10-34(11-13-36)20-19(24(26,27)28)7-4-8-29-20/h3-8,16,37H,2,9-15H2,1H3,(H,30,31,32,33). The number of aliphatic hydroxyl groups is 1. The zero-order valence-corrected chi connectivity index (χ0v) is 20.3. The van der Waals surface area contributed by atoms with Crippen molar-refractivity contribution in [2.75, 3.05) is 65.9 Å². The van der Waals surface area contributed by atoms with Crippen molar-refractivity contribution in [3.05, 3.63) is 54.0 Å². The number of halogens is 4. The number of aliphatic hydroxyl groups excluding tert-OH is 1. The van der Waals surface area contributed by atoms with E-state index in [1.165, 1.54) is 24.4 Å². The zero-order valence-electron chi connectivity index (χ0n) is 20.3. The van der Waals surface area contributed by atoms with E-state index in [0.29, 0.717) is 43.8 Å². The van der Waals surface area contributed by atoms with Crippen molar-refractivity contribution in [1.29, 1.82) is 0 Å². The number of anilines is 5. The topological polar surface area (TPSA) is 93.5 Å². The van der Waals surface area contributed by atoms with Gasteiger partial charge < -0.3 is 25.1 Å². The lowest BCUT2D eigenvalue weighted by Gasteiger charge is -2.36. The molecule has 0 bridgehead atoms. The first-order valence-electron chi connectivity index (χ1n) is 11.9. The smallest absolute Gasteiger partial charge is 0.395 e. The van der Waals surface area contributed by atoms with E-state index in [0.717, 1.165) is 12.5 Å². The van der Waals surface area contributed by atoms with Crippen LogP contribution in [0.2, 0.25) is 0 Å². The molecule has 3 heterocycles. The minimum Gasteiger partial charge on any atom is -0.395 e. The highest BCUT2D eigenvalue weighted by Gasteiger charge is 2.36. The molecule has 1 aromatic carbocycles. The molecule has 3 aromatic rings. The van der Waals surface area contributed by atoms with Gasteiger partial charge in [0.05, 0.1) is 12.2 Å². The molecule has 2 N–H and O–H groups in total. The van der Waals surface area contributed by atoms with Crippen LogP contribution in [0, 0.1) is 5.82 Å². The molecule has 9 nitrogen and oxygen atoms in total. The number of rotatable bonds is 9. The summed E-state index contributed by atoms with van der Waals surface area (Å²) in [7, 11) is 0. The van der Waals surface area contributed by atoms with Crippen LogP contribution >= 0.6 is 0 Å². The van der Waals surface area contributed by atoms with Crippen LogP contribution < -0.4 is 20.0 Å². The highest BCUT2D eigenvalue weighted by molar-refractivity contribution is 5.57. The molecule has 198 valence electrons. The maximum atomic E-state index is 13.7. The van der Waals surface area contributed by atoms with Crippen LogP contribution in [0.15, 0.2) is 42.6 Å². The van der Waals surface area contributed by atoms with Gasteiger partial charge in [-0.2, -0.15) is 28.1 Å². The Labute approximate surface area is 211 Å². The summed E-state index contributed by atoms with van der Waals surface area (Å²) in [5.41, 5.74) is -0.321. The second-order valence-corrected chi connectivity index (χ2v) is 8.45. The molecule has 1 aliphatic heterocycles. The summed E-state index contributed by atoms with van der Waals surface area (Å²) in [4.78, 5) is 22.9. The van der Waals surface area contributed by atoms with E-state index in [1.54, 1.807) is 17.0 Å². The zero-order chi connectivity index (χ0) is 26.4. The molecule has 4 rings (SSSR count). The summed E-state index contributed by atoms with van der Waals surface area (Å²) in [5, 5.41) is 12.5. The maximum absolute atomic E-state index is 13.7. The Morgan fingerprint density at radius 3 is 2.43 bits per heavy atom. The fraction of sp³-hybridized carbons (Fsp3) is 0.417. The molecule has 1 fully saturated rings. The van der Waals surface area contributed by atoms with E-state index in [4.69, 9.17) is 0 Å². The van der Waals surface area contributed by atoms with Gasteiger partial charge in [0.2, 0.25) is 17.8 Å². The third kappa shape index (κ3) is 6.53. The second kappa shape index (κ2) is 11.5. The number of piperazine rings is 1. The van der Waals surface area contributed by atoms with Crippen LogP contribution in [0.4, 0.5) is 46.9 Å². The van der Waals surface area contributed by atoms with Gasteiger partial charge in [-0.25, -0.2) is 9.37 Å². The van der Waals surface area contributed by atoms with E-state index in [1.807, 2.05) is 16.7 Å². The Hall–Kier alpha value is -3.74. The first kappa shape index (κ1) is 26.3. The average Bonchev–Trinajstić information content (AvgIpc) is 2.88. The summed E-state index contributed by atoms with van der Waals surface area (Å²) in [6.45, 7) is 4.06. The van der Waals surface area contributed by atoms with Gasteiger partial charge in [0.1, 0.15) is 11.6 Å². The van der Waals surface area contributed by atoms with Crippen molar-refractivity contribution in [2.24, 2.45) is 0 Å². The number of aromatic nitrogens is 4. The SMILES string of the molecule is CCCN(CCO)c1nc(Nc2cccc(F)c2)nc(N2CCN(c3ncccc3C(F)(F)F)CC2)n1. The Balaban J connectivity index is 1.59. The van der Waals surface area contributed by atoms with Crippen LogP contribution in [-0.4, -0.2) is 70.9 Å². The molecule has 0 unspecified atom stereocenters. The predicted octanol–water partition coefficient (Wildman–Crippen LogP) is 3.70. The Morgan fingerprint density at radius 1 is 1.00 bits per heavy atom. The van der Waals surface area contributed by atoms with Gasteiger partial charge in [0.25, 0.3) is 0 Å². The van der Waals surface area contributed by atoms with E-state index in [9.17, 15) is 22.7 Å². The Morgan fingerprint density at radius 2 is 1.76 bits per heavy atom. The Bertz CT molecular complexity index is 1180. The number of pyridine rings is 1. The molecule has 0 saturated carbocycles. The fourth-order valence-corrected chi connectivity index (χ4v) is 4.08. The van der Waals surface area contributed by atoms with Crippen LogP contribution in [0.3, 0.4) is 0 Å². The first-order chi connectivity index (χ1) is 17.8. The van der Waals surface area contributed by atoms with Crippen LogP contribution in [0.1, 0.15) is 18.9 Å².